The van der Waals surface area contributed by atoms with Gasteiger partial charge in [0.05, 0.1) is 17.6 Å². The second-order valence-electron chi connectivity index (χ2n) is 4.92. The molecule has 1 aromatic carbocycles. The summed E-state index contributed by atoms with van der Waals surface area (Å²) in [6.45, 7) is 4.20. The van der Waals surface area contributed by atoms with Crippen LogP contribution in [0.25, 0.3) is 0 Å². The third-order valence-corrected chi connectivity index (χ3v) is 5.17. The Morgan fingerprint density at radius 3 is 2.44 bits per heavy atom. The van der Waals surface area contributed by atoms with E-state index in [0.29, 0.717) is 6.54 Å². The first kappa shape index (κ1) is 13.4. The molecule has 0 spiro atoms. The lowest BCUT2D eigenvalue weighted by atomic mass is 10.1. The van der Waals surface area contributed by atoms with Crippen LogP contribution in [0.5, 0.6) is 0 Å². The zero-order valence-corrected chi connectivity index (χ0v) is 11.5. The number of rotatable bonds is 2. The average molecular weight is 269 g/mol. The largest absolute Gasteiger partial charge is 0.389 e. The van der Waals surface area contributed by atoms with Crippen molar-refractivity contribution in [2.45, 2.75) is 26.0 Å². The molecule has 0 radical (unpaired) electrons. The van der Waals surface area contributed by atoms with E-state index < -0.39 is 15.9 Å². The molecule has 2 rings (SSSR count). The molecule has 0 saturated carbocycles. The number of hydrogen-bond donors (Lipinski definition) is 1. The molecule has 4 nitrogen and oxygen atoms in total. The van der Waals surface area contributed by atoms with Crippen LogP contribution in [0.3, 0.4) is 0 Å². The van der Waals surface area contributed by atoms with Crippen molar-refractivity contribution in [1.82, 2.24) is 0 Å². The van der Waals surface area contributed by atoms with Gasteiger partial charge in [-0.25, -0.2) is 8.42 Å². The number of anilines is 1. The Labute approximate surface area is 108 Å². The van der Waals surface area contributed by atoms with E-state index in [2.05, 4.69) is 4.90 Å². The predicted octanol–water partition coefficient (Wildman–Crippen LogP) is 1.36. The maximum atomic E-state index is 11.5. The van der Waals surface area contributed by atoms with E-state index in [1.54, 1.807) is 6.92 Å². The summed E-state index contributed by atoms with van der Waals surface area (Å²) in [4.78, 5) is 2.10. The van der Waals surface area contributed by atoms with Crippen LogP contribution in [0, 0.1) is 0 Å². The van der Waals surface area contributed by atoms with Gasteiger partial charge in [0.1, 0.15) is 0 Å². The maximum Gasteiger partial charge on any atom is 0.154 e. The van der Waals surface area contributed by atoms with Gasteiger partial charge in [0.15, 0.2) is 9.84 Å². The van der Waals surface area contributed by atoms with Gasteiger partial charge in [-0.1, -0.05) is 12.1 Å². The molecule has 0 aliphatic carbocycles. The van der Waals surface area contributed by atoms with Crippen molar-refractivity contribution in [1.29, 1.82) is 0 Å². The van der Waals surface area contributed by atoms with Crippen molar-refractivity contribution in [3.05, 3.63) is 29.8 Å². The van der Waals surface area contributed by atoms with Gasteiger partial charge in [0.25, 0.3) is 0 Å². The molecular formula is C13H19NO3S. The fourth-order valence-electron chi connectivity index (χ4n) is 2.33. The van der Waals surface area contributed by atoms with Gasteiger partial charge in [0, 0.05) is 18.3 Å². The number of nitrogens with zero attached hydrogens (tertiary/aromatic N) is 1. The summed E-state index contributed by atoms with van der Waals surface area (Å²) in [5.74, 6) is 0.431. The summed E-state index contributed by atoms with van der Waals surface area (Å²) < 4.78 is 23.0. The second-order valence-corrected chi connectivity index (χ2v) is 7.15. The van der Waals surface area contributed by atoms with Crippen molar-refractivity contribution < 1.29 is 13.5 Å². The van der Waals surface area contributed by atoms with Crippen LogP contribution in [0.15, 0.2) is 24.3 Å². The Balaban J connectivity index is 2.17. The topological polar surface area (TPSA) is 57.6 Å². The van der Waals surface area contributed by atoms with E-state index in [0.717, 1.165) is 11.3 Å². The Morgan fingerprint density at radius 2 is 1.94 bits per heavy atom. The van der Waals surface area contributed by atoms with Crippen molar-refractivity contribution in [2.24, 2.45) is 0 Å². The van der Waals surface area contributed by atoms with Gasteiger partial charge in [-0.05, 0) is 31.5 Å². The summed E-state index contributed by atoms with van der Waals surface area (Å²) in [7, 11) is -2.88. The molecule has 1 N–H and O–H groups in total. The predicted molar refractivity (Wildman–Crippen MR) is 72.5 cm³/mol. The molecule has 1 heterocycles. The number of aliphatic hydroxyl groups excluding tert-OH is 1. The maximum absolute atomic E-state index is 11.5. The Hall–Kier alpha value is -1.07. The smallest absolute Gasteiger partial charge is 0.154 e. The SMILES string of the molecule is CC1CS(=O)(=O)CCN1c1ccc([C@H](C)O)cc1. The van der Waals surface area contributed by atoms with E-state index in [-0.39, 0.29) is 17.5 Å². The molecule has 2 atom stereocenters. The van der Waals surface area contributed by atoms with Crippen LogP contribution in [-0.4, -0.2) is 37.6 Å². The molecule has 0 bridgehead atoms. The third kappa shape index (κ3) is 2.84. The van der Waals surface area contributed by atoms with E-state index in [4.69, 9.17) is 0 Å². The van der Waals surface area contributed by atoms with Gasteiger partial charge < -0.3 is 10.0 Å². The zero-order valence-electron chi connectivity index (χ0n) is 10.7. The highest BCUT2D eigenvalue weighted by Crippen LogP contribution is 2.23. The molecule has 1 aromatic rings. The van der Waals surface area contributed by atoms with Crippen LogP contribution in [0.1, 0.15) is 25.5 Å². The monoisotopic (exact) mass is 269 g/mol. The normalized spacial score (nSPS) is 24.8. The van der Waals surface area contributed by atoms with Gasteiger partial charge in [-0.15, -0.1) is 0 Å². The van der Waals surface area contributed by atoms with Crippen LogP contribution >= 0.6 is 0 Å². The Morgan fingerprint density at radius 1 is 1.33 bits per heavy atom. The number of sulfone groups is 1. The standard InChI is InChI=1S/C13H19NO3S/c1-10-9-18(16,17)8-7-14(10)13-5-3-12(4-6-13)11(2)15/h3-6,10-11,15H,7-9H2,1-2H3/t10?,11-/m0/s1. The fraction of sp³-hybridized carbons (Fsp3) is 0.538. The Kier molecular flexibility index (Phi) is 3.64. The minimum absolute atomic E-state index is 0.00106. The summed E-state index contributed by atoms with van der Waals surface area (Å²) >= 11 is 0. The van der Waals surface area contributed by atoms with Gasteiger partial charge >= 0.3 is 0 Å². The van der Waals surface area contributed by atoms with Crippen LogP contribution in [0.2, 0.25) is 0 Å². The lowest BCUT2D eigenvalue weighted by Gasteiger charge is -2.35. The molecule has 1 fully saturated rings. The first-order valence-electron chi connectivity index (χ1n) is 6.14. The average Bonchev–Trinajstić information content (AvgIpc) is 2.28. The molecule has 1 aliphatic rings. The second kappa shape index (κ2) is 4.90. The minimum Gasteiger partial charge on any atom is -0.389 e. The highest BCUT2D eigenvalue weighted by Gasteiger charge is 2.28. The molecule has 1 saturated heterocycles. The zero-order chi connectivity index (χ0) is 13.3. The summed E-state index contributed by atoms with van der Waals surface area (Å²) in [5, 5.41) is 9.45. The van der Waals surface area contributed by atoms with E-state index in [1.165, 1.54) is 0 Å². The minimum atomic E-state index is -2.88. The van der Waals surface area contributed by atoms with Crippen molar-refractivity contribution in [3.63, 3.8) is 0 Å². The van der Waals surface area contributed by atoms with Crippen molar-refractivity contribution >= 4 is 15.5 Å². The number of benzene rings is 1. The summed E-state index contributed by atoms with van der Waals surface area (Å²) in [6.07, 6.45) is -0.474. The van der Waals surface area contributed by atoms with Crippen molar-refractivity contribution in [3.8, 4) is 0 Å². The third-order valence-electron chi connectivity index (χ3n) is 3.38. The lowest BCUT2D eigenvalue weighted by Crippen LogP contribution is -2.47. The van der Waals surface area contributed by atoms with E-state index in [9.17, 15) is 13.5 Å². The molecule has 1 aliphatic heterocycles. The molecular weight excluding hydrogens is 250 g/mol. The lowest BCUT2D eigenvalue weighted by molar-refractivity contribution is 0.199. The first-order chi connectivity index (χ1) is 8.39. The summed E-state index contributed by atoms with van der Waals surface area (Å²) in [6, 6.07) is 7.65. The van der Waals surface area contributed by atoms with Crippen LogP contribution in [-0.2, 0) is 9.84 Å². The van der Waals surface area contributed by atoms with E-state index in [1.807, 2.05) is 31.2 Å². The van der Waals surface area contributed by atoms with Crippen molar-refractivity contribution in [2.75, 3.05) is 23.0 Å². The van der Waals surface area contributed by atoms with Crippen LogP contribution < -0.4 is 4.90 Å². The van der Waals surface area contributed by atoms with Gasteiger partial charge in [-0.2, -0.15) is 0 Å². The highest BCUT2D eigenvalue weighted by molar-refractivity contribution is 7.91. The highest BCUT2D eigenvalue weighted by atomic mass is 32.2. The quantitative estimate of drug-likeness (QED) is 0.881. The Bertz CT molecular complexity index is 508. The summed E-state index contributed by atoms with van der Waals surface area (Å²) in [5.41, 5.74) is 1.89. The van der Waals surface area contributed by atoms with E-state index >= 15 is 0 Å². The molecule has 0 amide bonds. The molecule has 0 aromatic heterocycles. The first-order valence-corrected chi connectivity index (χ1v) is 7.96. The van der Waals surface area contributed by atoms with Gasteiger partial charge in [0.2, 0.25) is 0 Å². The van der Waals surface area contributed by atoms with Crippen LogP contribution in [0.4, 0.5) is 5.69 Å². The number of aliphatic hydroxyl groups is 1. The number of hydrogen-bond acceptors (Lipinski definition) is 4. The van der Waals surface area contributed by atoms with Gasteiger partial charge in [-0.3, -0.25) is 0 Å². The molecule has 1 unspecified atom stereocenters. The molecule has 100 valence electrons. The fourth-order valence-corrected chi connectivity index (χ4v) is 3.88. The molecule has 5 heteroatoms. The molecule has 18 heavy (non-hydrogen) atoms.